The molecule has 2 amide bonds. The van der Waals surface area contributed by atoms with E-state index in [1.165, 1.54) is 0 Å². The zero-order valence-corrected chi connectivity index (χ0v) is 15.1. The second kappa shape index (κ2) is 7.07. The fraction of sp³-hybridized carbons (Fsp3) is 0.882. The molecule has 2 rings (SSSR count). The van der Waals surface area contributed by atoms with Gasteiger partial charge < -0.3 is 19.9 Å². The first kappa shape index (κ1) is 18.0. The molecule has 2 saturated heterocycles. The summed E-state index contributed by atoms with van der Waals surface area (Å²) in [5.41, 5.74) is -0.463. The third kappa shape index (κ3) is 4.83. The highest BCUT2D eigenvalue weighted by Crippen LogP contribution is 2.24. The van der Waals surface area contributed by atoms with Gasteiger partial charge in [0.15, 0.2) is 0 Å². The third-order valence-electron chi connectivity index (χ3n) is 4.54. The summed E-state index contributed by atoms with van der Waals surface area (Å²) in [5, 5.41) is 3.42. The molecule has 0 saturated carbocycles. The number of likely N-dealkylation sites (N-methyl/N-ethyl adjacent to an activating group) is 1. The summed E-state index contributed by atoms with van der Waals surface area (Å²) in [6, 6.07) is 0.316. The molecule has 1 N–H and O–H groups in total. The zero-order chi connectivity index (χ0) is 17.2. The van der Waals surface area contributed by atoms with E-state index >= 15 is 0 Å². The Morgan fingerprint density at radius 2 is 2.04 bits per heavy atom. The average molecular weight is 325 g/mol. The Morgan fingerprint density at radius 1 is 1.35 bits per heavy atom. The van der Waals surface area contributed by atoms with Gasteiger partial charge >= 0.3 is 6.09 Å². The molecule has 6 nitrogen and oxygen atoms in total. The monoisotopic (exact) mass is 325 g/mol. The van der Waals surface area contributed by atoms with E-state index in [-0.39, 0.29) is 30.1 Å². The Kier molecular flexibility index (Phi) is 5.55. The number of amides is 2. The van der Waals surface area contributed by atoms with E-state index < -0.39 is 5.60 Å². The van der Waals surface area contributed by atoms with E-state index in [2.05, 4.69) is 12.2 Å². The Hall–Kier alpha value is -1.30. The van der Waals surface area contributed by atoms with Crippen LogP contribution in [0.3, 0.4) is 0 Å². The molecule has 0 aromatic rings. The molecule has 6 heteroatoms. The van der Waals surface area contributed by atoms with Crippen LogP contribution in [-0.2, 0) is 9.53 Å². The van der Waals surface area contributed by atoms with Crippen LogP contribution in [-0.4, -0.2) is 65.7 Å². The minimum atomic E-state index is -0.463. The molecule has 2 aliphatic heterocycles. The van der Waals surface area contributed by atoms with Gasteiger partial charge in [-0.3, -0.25) is 4.79 Å². The summed E-state index contributed by atoms with van der Waals surface area (Å²) in [6.07, 6.45) is 3.52. The molecule has 0 aliphatic carbocycles. The van der Waals surface area contributed by atoms with Crippen LogP contribution in [0.5, 0.6) is 0 Å². The first-order valence-electron chi connectivity index (χ1n) is 8.68. The lowest BCUT2D eigenvalue weighted by molar-refractivity contribution is -0.128. The lowest BCUT2D eigenvalue weighted by Crippen LogP contribution is -2.46. The van der Waals surface area contributed by atoms with Crippen molar-refractivity contribution >= 4 is 12.0 Å². The normalized spacial score (nSPS) is 26.7. The first-order chi connectivity index (χ1) is 10.7. The van der Waals surface area contributed by atoms with Crippen LogP contribution in [0.25, 0.3) is 0 Å². The summed E-state index contributed by atoms with van der Waals surface area (Å²) >= 11 is 0. The van der Waals surface area contributed by atoms with Crippen molar-refractivity contribution in [3.8, 4) is 0 Å². The van der Waals surface area contributed by atoms with Gasteiger partial charge in [0.25, 0.3) is 0 Å². The minimum Gasteiger partial charge on any atom is -0.444 e. The lowest BCUT2D eigenvalue weighted by atomic mass is 10.0. The van der Waals surface area contributed by atoms with Crippen LogP contribution in [0.2, 0.25) is 0 Å². The number of carbonyl (C=O) groups is 2. The summed E-state index contributed by atoms with van der Waals surface area (Å²) in [7, 11) is 1.84. The number of nitrogens with one attached hydrogen (secondary N) is 1. The van der Waals surface area contributed by atoms with Crippen LogP contribution in [0.1, 0.15) is 53.4 Å². The Bertz CT molecular complexity index is 447. The molecule has 2 heterocycles. The van der Waals surface area contributed by atoms with Gasteiger partial charge in [-0.2, -0.15) is 0 Å². The van der Waals surface area contributed by atoms with Crippen LogP contribution < -0.4 is 5.32 Å². The molecule has 0 bridgehead atoms. The first-order valence-corrected chi connectivity index (χ1v) is 8.68. The summed E-state index contributed by atoms with van der Waals surface area (Å²) in [5.74, 6) is 0.173. The maximum atomic E-state index is 12.3. The molecule has 2 aliphatic rings. The van der Waals surface area contributed by atoms with Gasteiger partial charge in [0, 0.05) is 32.2 Å². The van der Waals surface area contributed by atoms with Crippen LogP contribution in [0, 0.1) is 0 Å². The molecule has 0 spiro atoms. The summed E-state index contributed by atoms with van der Waals surface area (Å²) in [6.45, 7) is 9.35. The quantitative estimate of drug-likeness (QED) is 0.858. The average Bonchev–Trinajstić information content (AvgIpc) is 2.99. The lowest BCUT2D eigenvalue weighted by Gasteiger charge is -2.30. The highest BCUT2D eigenvalue weighted by atomic mass is 16.6. The van der Waals surface area contributed by atoms with Crippen molar-refractivity contribution in [1.29, 1.82) is 0 Å². The minimum absolute atomic E-state index is 0.0774. The van der Waals surface area contributed by atoms with Crippen molar-refractivity contribution in [2.24, 2.45) is 0 Å². The summed E-state index contributed by atoms with van der Waals surface area (Å²) in [4.78, 5) is 27.9. The second-order valence-corrected chi connectivity index (χ2v) is 7.87. The molecule has 3 unspecified atom stereocenters. The number of hydrogen-bond donors (Lipinski definition) is 1. The van der Waals surface area contributed by atoms with Gasteiger partial charge in [0.2, 0.25) is 5.91 Å². The standard InChI is InChI=1S/C17H31N3O3/c1-12(18-14-8-10-19(5)15(14)21)11-13-7-6-9-20(13)16(22)23-17(2,3)4/h12-14,18H,6-11H2,1-5H3. The fourth-order valence-electron chi connectivity index (χ4n) is 3.44. The molecular formula is C17H31N3O3. The van der Waals surface area contributed by atoms with Crippen molar-refractivity contribution in [2.75, 3.05) is 20.1 Å². The van der Waals surface area contributed by atoms with Gasteiger partial charge in [-0.25, -0.2) is 4.79 Å². The van der Waals surface area contributed by atoms with E-state index in [1.54, 1.807) is 4.90 Å². The van der Waals surface area contributed by atoms with Crippen molar-refractivity contribution in [3.05, 3.63) is 0 Å². The molecule has 3 atom stereocenters. The molecular weight excluding hydrogens is 294 g/mol. The van der Waals surface area contributed by atoms with Gasteiger partial charge in [0.1, 0.15) is 5.60 Å². The molecule has 0 radical (unpaired) electrons. The smallest absolute Gasteiger partial charge is 0.410 e. The van der Waals surface area contributed by atoms with Crippen molar-refractivity contribution in [2.45, 2.75) is 77.1 Å². The highest BCUT2D eigenvalue weighted by molar-refractivity contribution is 5.83. The highest BCUT2D eigenvalue weighted by Gasteiger charge is 2.35. The second-order valence-electron chi connectivity index (χ2n) is 7.87. The fourth-order valence-corrected chi connectivity index (χ4v) is 3.44. The third-order valence-corrected chi connectivity index (χ3v) is 4.54. The maximum Gasteiger partial charge on any atom is 0.410 e. The molecule has 0 aromatic carbocycles. The van der Waals surface area contributed by atoms with Crippen molar-refractivity contribution < 1.29 is 14.3 Å². The van der Waals surface area contributed by atoms with Crippen LogP contribution in [0.15, 0.2) is 0 Å². The van der Waals surface area contributed by atoms with E-state index in [4.69, 9.17) is 4.74 Å². The Morgan fingerprint density at radius 3 is 2.61 bits per heavy atom. The van der Waals surface area contributed by atoms with E-state index in [9.17, 15) is 9.59 Å². The van der Waals surface area contributed by atoms with E-state index in [1.807, 2.05) is 32.7 Å². The molecule has 132 valence electrons. The number of ether oxygens (including phenoxy) is 1. The number of hydrogen-bond acceptors (Lipinski definition) is 4. The Labute approximate surface area is 139 Å². The predicted octanol–water partition coefficient (Wildman–Crippen LogP) is 1.98. The van der Waals surface area contributed by atoms with E-state index in [0.717, 1.165) is 38.8 Å². The molecule has 0 aromatic heterocycles. The van der Waals surface area contributed by atoms with Gasteiger partial charge in [-0.15, -0.1) is 0 Å². The van der Waals surface area contributed by atoms with Crippen LogP contribution >= 0.6 is 0 Å². The number of rotatable bonds is 4. The van der Waals surface area contributed by atoms with Crippen molar-refractivity contribution in [1.82, 2.24) is 15.1 Å². The summed E-state index contributed by atoms with van der Waals surface area (Å²) < 4.78 is 5.50. The SMILES string of the molecule is CC(CC1CCCN1C(=O)OC(C)(C)C)NC1CCN(C)C1=O. The topological polar surface area (TPSA) is 61.9 Å². The molecule has 2 fully saturated rings. The number of nitrogens with zero attached hydrogens (tertiary/aromatic N) is 2. The number of carbonyl (C=O) groups excluding carboxylic acids is 2. The van der Waals surface area contributed by atoms with Gasteiger partial charge in [-0.1, -0.05) is 0 Å². The predicted molar refractivity (Wildman–Crippen MR) is 89.2 cm³/mol. The molecule has 23 heavy (non-hydrogen) atoms. The van der Waals surface area contributed by atoms with Crippen molar-refractivity contribution in [3.63, 3.8) is 0 Å². The van der Waals surface area contributed by atoms with E-state index in [0.29, 0.717) is 0 Å². The zero-order valence-electron chi connectivity index (χ0n) is 15.1. The maximum absolute atomic E-state index is 12.3. The van der Waals surface area contributed by atoms with Crippen LogP contribution in [0.4, 0.5) is 4.79 Å². The largest absolute Gasteiger partial charge is 0.444 e. The number of likely N-dealkylation sites (tertiary alicyclic amines) is 2. The van der Waals surface area contributed by atoms with Gasteiger partial charge in [-0.05, 0) is 53.4 Å². The van der Waals surface area contributed by atoms with Gasteiger partial charge in [0.05, 0.1) is 6.04 Å². The Balaban J connectivity index is 1.86.